The van der Waals surface area contributed by atoms with Gasteiger partial charge in [0.25, 0.3) is 0 Å². The summed E-state index contributed by atoms with van der Waals surface area (Å²) >= 11 is 2.08. The average Bonchev–Trinajstić information content (AvgIpc) is 2.68. The summed E-state index contributed by atoms with van der Waals surface area (Å²) in [6, 6.07) is 0.736. The minimum absolute atomic E-state index is 0.703. The largest absolute Gasteiger partial charge is 0.382 e. The molecule has 1 heterocycles. The highest BCUT2D eigenvalue weighted by molar-refractivity contribution is 8.00. The van der Waals surface area contributed by atoms with Crippen LogP contribution in [-0.4, -0.2) is 50.5 Å². The third-order valence-electron chi connectivity index (χ3n) is 2.93. The van der Waals surface area contributed by atoms with Gasteiger partial charge in [0, 0.05) is 25.0 Å². The molecule has 1 aliphatic heterocycles. The Morgan fingerprint density at radius 1 is 1.25 bits per heavy atom. The van der Waals surface area contributed by atoms with Crippen LogP contribution in [0.5, 0.6) is 0 Å². The molecule has 1 rings (SSSR count). The molecular weight excluding hydrogens is 222 g/mol. The van der Waals surface area contributed by atoms with E-state index < -0.39 is 0 Å². The van der Waals surface area contributed by atoms with Gasteiger partial charge >= 0.3 is 0 Å². The number of methoxy groups -OCH3 is 1. The molecule has 0 spiro atoms. The fourth-order valence-corrected chi connectivity index (χ4v) is 3.09. The summed E-state index contributed by atoms with van der Waals surface area (Å²) < 4.78 is 10.3. The van der Waals surface area contributed by atoms with E-state index in [2.05, 4.69) is 24.0 Å². The van der Waals surface area contributed by atoms with Crippen LogP contribution in [0.2, 0.25) is 0 Å². The van der Waals surface area contributed by atoms with Gasteiger partial charge in [-0.2, -0.15) is 11.8 Å². The highest BCUT2D eigenvalue weighted by Crippen LogP contribution is 2.25. The SMILES string of the molecule is COCCOCCCCNC1CCSC1C. The number of hydrogen-bond acceptors (Lipinski definition) is 4. The van der Waals surface area contributed by atoms with E-state index in [-0.39, 0.29) is 0 Å². The zero-order valence-electron chi connectivity index (χ0n) is 10.5. The third kappa shape index (κ3) is 6.09. The van der Waals surface area contributed by atoms with Gasteiger partial charge in [0.05, 0.1) is 13.2 Å². The lowest BCUT2D eigenvalue weighted by atomic mass is 10.1. The molecule has 0 bridgehead atoms. The monoisotopic (exact) mass is 247 g/mol. The standard InChI is InChI=1S/C12H25NO2S/c1-11-12(5-10-16-11)13-6-3-4-7-15-9-8-14-2/h11-13H,3-10H2,1-2H3. The summed E-state index contributed by atoms with van der Waals surface area (Å²) in [4.78, 5) is 0. The van der Waals surface area contributed by atoms with Crippen LogP contribution >= 0.6 is 11.8 Å². The second-order valence-corrected chi connectivity index (χ2v) is 5.72. The van der Waals surface area contributed by atoms with Crippen molar-refractivity contribution in [1.29, 1.82) is 0 Å². The van der Waals surface area contributed by atoms with Crippen LogP contribution in [0.25, 0.3) is 0 Å². The lowest BCUT2D eigenvalue weighted by molar-refractivity contribution is 0.0687. The molecule has 3 nitrogen and oxygen atoms in total. The van der Waals surface area contributed by atoms with E-state index in [9.17, 15) is 0 Å². The molecule has 0 aromatic rings. The maximum absolute atomic E-state index is 5.41. The summed E-state index contributed by atoms with van der Waals surface area (Å²) in [5.41, 5.74) is 0. The molecule has 2 unspecified atom stereocenters. The molecule has 1 N–H and O–H groups in total. The van der Waals surface area contributed by atoms with Gasteiger partial charge in [-0.15, -0.1) is 0 Å². The topological polar surface area (TPSA) is 30.5 Å². The number of rotatable bonds is 9. The van der Waals surface area contributed by atoms with Crippen molar-refractivity contribution in [2.45, 2.75) is 37.5 Å². The third-order valence-corrected chi connectivity index (χ3v) is 4.26. The Morgan fingerprint density at radius 3 is 2.81 bits per heavy atom. The first-order chi connectivity index (χ1) is 7.84. The van der Waals surface area contributed by atoms with E-state index in [1.165, 1.54) is 18.6 Å². The summed E-state index contributed by atoms with van der Waals surface area (Å²) in [7, 11) is 1.70. The van der Waals surface area contributed by atoms with Crippen LogP contribution in [0.15, 0.2) is 0 Å². The molecule has 1 fully saturated rings. The van der Waals surface area contributed by atoms with Crippen molar-refractivity contribution in [3.05, 3.63) is 0 Å². The Balaban J connectivity index is 1.81. The molecule has 96 valence electrons. The first kappa shape index (κ1) is 14.3. The normalized spacial score (nSPS) is 25.1. The Kier molecular flexibility index (Phi) is 8.29. The number of nitrogens with one attached hydrogen (secondary N) is 1. The molecular formula is C12H25NO2S. The first-order valence-electron chi connectivity index (χ1n) is 6.26. The lowest BCUT2D eigenvalue weighted by Gasteiger charge is -2.16. The van der Waals surface area contributed by atoms with Crippen LogP contribution in [0.1, 0.15) is 26.2 Å². The zero-order chi connectivity index (χ0) is 11.6. The summed E-state index contributed by atoms with van der Waals surface area (Å²) in [5.74, 6) is 1.32. The van der Waals surface area contributed by atoms with E-state index >= 15 is 0 Å². The van der Waals surface area contributed by atoms with E-state index in [0.29, 0.717) is 6.61 Å². The summed E-state index contributed by atoms with van der Waals surface area (Å²) in [6.07, 6.45) is 3.68. The fraction of sp³-hybridized carbons (Fsp3) is 1.00. The maximum atomic E-state index is 5.41. The second-order valence-electron chi connectivity index (χ2n) is 4.24. The predicted molar refractivity (Wildman–Crippen MR) is 70.3 cm³/mol. The number of ether oxygens (including phenoxy) is 2. The van der Waals surface area contributed by atoms with Crippen molar-refractivity contribution in [3.63, 3.8) is 0 Å². The van der Waals surface area contributed by atoms with Crippen molar-refractivity contribution < 1.29 is 9.47 Å². The molecule has 2 atom stereocenters. The first-order valence-corrected chi connectivity index (χ1v) is 7.31. The quantitative estimate of drug-likeness (QED) is 0.631. The summed E-state index contributed by atoms with van der Waals surface area (Å²) in [5, 5.41) is 4.42. The van der Waals surface area contributed by atoms with Gasteiger partial charge in [-0.05, 0) is 31.6 Å². The van der Waals surface area contributed by atoms with Crippen LogP contribution in [0.4, 0.5) is 0 Å². The van der Waals surface area contributed by atoms with E-state index in [4.69, 9.17) is 9.47 Å². The van der Waals surface area contributed by atoms with Gasteiger partial charge in [0.15, 0.2) is 0 Å². The van der Waals surface area contributed by atoms with Gasteiger partial charge in [0.1, 0.15) is 0 Å². The minimum atomic E-state index is 0.703. The van der Waals surface area contributed by atoms with E-state index in [1.54, 1.807) is 7.11 Å². The molecule has 0 radical (unpaired) electrons. The molecule has 1 aliphatic rings. The van der Waals surface area contributed by atoms with Crippen molar-refractivity contribution in [1.82, 2.24) is 5.32 Å². The maximum Gasteiger partial charge on any atom is 0.0700 e. The fourth-order valence-electron chi connectivity index (χ4n) is 1.86. The van der Waals surface area contributed by atoms with Crippen molar-refractivity contribution >= 4 is 11.8 Å². The minimum Gasteiger partial charge on any atom is -0.382 e. The molecule has 0 aromatic carbocycles. The second kappa shape index (κ2) is 9.28. The number of hydrogen-bond donors (Lipinski definition) is 1. The van der Waals surface area contributed by atoms with Gasteiger partial charge in [-0.1, -0.05) is 6.92 Å². The van der Waals surface area contributed by atoms with Crippen molar-refractivity contribution in [2.75, 3.05) is 39.2 Å². The Bertz CT molecular complexity index is 169. The molecule has 16 heavy (non-hydrogen) atoms. The zero-order valence-corrected chi connectivity index (χ0v) is 11.4. The van der Waals surface area contributed by atoms with Crippen LogP contribution in [0, 0.1) is 0 Å². The van der Waals surface area contributed by atoms with Gasteiger partial charge in [-0.3, -0.25) is 0 Å². The molecule has 4 heteroatoms. The molecule has 0 amide bonds. The van der Waals surface area contributed by atoms with Gasteiger partial charge in [-0.25, -0.2) is 0 Å². The van der Waals surface area contributed by atoms with Gasteiger partial charge < -0.3 is 14.8 Å². The molecule has 1 saturated heterocycles. The highest BCUT2D eigenvalue weighted by Gasteiger charge is 2.22. The average molecular weight is 247 g/mol. The molecule has 0 saturated carbocycles. The van der Waals surface area contributed by atoms with Crippen molar-refractivity contribution in [3.8, 4) is 0 Å². The Labute approximate surface area is 104 Å². The molecule has 0 aliphatic carbocycles. The van der Waals surface area contributed by atoms with Gasteiger partial charge in [0.2, 0.25) is 0 Å². The number of unbranched alkanes of at least 4 members (excludes halogenated alkanes) is 1. The van der Waals surface area contributed by atoms with E-state index in [1.807, 2.05) is 0 Å². The number of thioether (sulfide) groups is 1. The predicted octanol–water partition coefficient (Wildman–Crippen LogP) is 1.91. The molecule has 0 aromatic heterocycles. The van der Waals surface area contributed by atoms with Crippen LogP contribution in [0.3, 0.4) is 0 Å². The Hall–Kier alpha value is 0.230. The highest BCUT2D eigenvalue weighted by atomic mass is 32.2. The van der Waals surface area contributed by atoms with Crippen LogP contribution in [-0.2, 0) is 9.47 Å². The van der Waals surface area contributed by atoms with E-state index in [0.717, 1.165) is 37.5 Å². The van der Waals surface area contributed by atoms with Crippen LogP contribution < -0.4 is 5.32 Å². The summed E-state index contributed by atoms with van der Waals surface area (Å²) in [6.45, 7) is 5.74. The Morgan fingerprint density at radius 2 is 2.12 bits per heavy atom. The lowest BCUT2D eigenvalue weighted by Crippen LogP contribution is -2.34. The smallest absolute Gasteiger partial charge is 0.0700 e. The van der Waals surface area contributed by atoms with Crippen molar-refractivity contribution in [2.24, 2.45) is 0 Å².